The van der Waals surface area contributed by atoms with E-state index in [2.05, 4.69) is 5.32 Å². The van der Waals surface area contributed by atoms with Crippen LogP contribution >= 0.6 is 11.8 Å². The summed E-state index contributed by atoms with van der Waals surface area (Å²) in [6.45, 7) is 1.60. The van der Waals surface area contributed by atoms with Crippen molar-refractivity contribution >= 4 is 23.6 Å². The Bertz CT molecular complexity index is 808. The van der Waals surface area contributed by atoms with Gasteiger partial charge in [-0.05, 0) is 36.2 Å². The van der Waals surface area contributed by atoms with Gasteiger partial charge < -0.3 is 19.9 Å². The van der Waals surface area contributed by atoms with Crippen molar-refractivity contribution in [1.29, 1.82) is 0 Å². The highest BCUT2D eigenvalue weighted by molar-refractivity contribution is 8.00. The summed E-state index contributed by atoms with van der Waals surface area (Å²) in [6.07, 6.45) is 0.679. The second-order valence-electron chi connectivity index (χ2n) is 5.67. The zero-order chi connectivity index (χ0) is 18.4. The molecular weight excluding hydrogens is 354 g/mol. The third-order valence-corrected chi connectivity index (χ3v) is 4.89. The number of carbonyl (C=O) groups excluding carboxylic acids is 1. The van der Waals surface area contributed by atoms with Crippen LogP contribution in [0.1, 0.15) is 15.9 Å². The van der Waals surface area contributed by atoms with Crippen LogP contribution in [-0.4, -0.2) is 42.5 Å². The van der Waals surface area contributed by atoms with Crippen LogP contribution in [0.25, 0.3) is 0 Å². The summed E-state index contributed by atoms with van der Waals surface area (Å²) in [5, 5.41) is 12.0. The Kier molecular flexibility index (Phi) is 6.01. The van der Waals surface area contributed by atoms with Crippen molar-refractivity contribution in [3.63, 3.8) is 0 Å². The molecule has 0 atom stereocenters. The highest BCUT2D eigenvalue weighted by Crippen LogP contribution is 2.30. The van der Waals surface area contributed by atoms with Gasteiger partial charge in [-0.25, -0.2) is 4.79 Å². The minimum atomic E-state index is -0.993. The highest BCUT2D eigenvalue weighted by Gasteiger charge is 2.13. The van der Waals surface area contributed by atoms with Gasteiger partial charge in [-0.2, -0.15) is 0 Å². The molecule has 1 heterocycles. The van der Waals surface area contributed by atoms with Crippen molar-refractivity contribution in [2.45, 2.75) is 11.3 Å². The first-order valence-electron chi connectivity index (χ1n) is 8.24. The number of ether oxygens (including phenoxy) is 2. The van der Waals surface area contributed by atoms with E-state index in [1.54, 1.807) is 18.2 Å². The Hall–Kier alpha value is -2.67. The maximum atomic E-state index is 12.0. The normalized spacial score (nSPS) is 12.5. The van der Waals surface area contributed by atoms with Crippen LogP contribution in [0.2, 0.25) is 0 Å². The molecule has 0 saturated heterocycles. The number of rotatable bonds is 7. The van der Waals surface area contributed by atoms with Gasteiger partial charge in [0, 0.05) is 11.4 Å². The lowest BCUT2D eigenvalue weighted by Crippen LogP contribution is -2.27. The monoisotopic (exact) mass is 373 g/mol. The smallest absolute Gasteiger partial charge is 0.336 e. The van der Waals surface area contributed by atoms with Crippen molar-refractivity contribution in [1.82, 2.24) is 5.32 Å². The van der Waals surface area contributed by atoms with Crippen molar-refractivity contribution in [3.05, 3.63) is 53.6 Å². The van der Waals surface area contributed by atoms with Gasteiger partial charge in [-0.15, -0.1) is 11.8 Å². The number of aromatic carboxylic acids is 1. The molecule has 0 aromatic heterocycles. The molecule has 0 radical (unpaired) electrons. The van der Waals surface area contributed by atoms with Crippen LogP contribution in [0.3, 0.4) is 0 Å². The van der Waals surface area contributed by atoms with Crippen LogP contribution in [0.15, 0.2) is 47.4 Å². The molecule has 2 N–H and O–H groups in total. The van der Waals surface area contributed by atoms with E-state index in [1.165, 1.54) is 17.8 Å². The van der Waals surface area contributed by atoms with Crippen LogP contribution in [0, 0.1) is 0 Å². The number of carboxylic acids is 1. The zero-order valence-corrected chi connectivity index (χ0v) is 14.9. The average Bonchev–Trinajstić information content (AvgIpc) is 2.66. The molecule has 26 heavy (non-hydrogen) atoms. The summed E-state index contributed by atoms with van der Waals surface area (Å²) in [5.41, 5.74) is 1.26. The van der Waals surface area contributed by atoms with E-state index >= 15 is 0 Å². The first-order valence-corrected chi connectivity index (χ1v) is 9.22. The fourth-order valence-electron chi connectivity index (χ4n) is 2.55. The lowest BCUT2D eigenvalue weighted by atomic mass is 10.1. The molecule has 0 saturated carbocycles. The number of amides is 1. The largest absolute Gasteiger partial charge is 0.486 e. The van der Waals surface area contributed by atoms with Crippen LogP contribution < -0.4 is 14.8 Å². The second kappa shape index (κ2) is 8.62. The third-order valence-electron chi connectivity index (χ3n) is 3.82. The molecule has 7 heteroatoms. The number of hydrogen-bond donors (Lipinski definition) is 2. The molecule has 2 aromatic carbocycles. The molecule has 6 nitrogen and oxygen atoms in total. The summed E-state index contributed by atoms with van der Waals surface area (Å²) >= 11 is 1.22. The second-order valence-corrected chi connectivity index (χ2v) is 6.69. The van der Waals surface area contributed by atoms with Gasteiger partial charge in [0.1, 0.15) is 13.2 Å². The van der Waals surface area contributed by atoms with Gasteiger partial charge >= 0.3 is 5.97 Å². The van der Waals surface area contributed by atoms with E-state index in [9.17, 15) is 9.59 Å². The lowest BCUT2D eigenvalue weighted by Gasteiger charge is -2.18. The molecule has 0 spiro atoms. The van der Waals surface area contributed by atoms with Gasteiger partial charge in [-0.1, -0.05) is 18.2 Å². The zero-order valence-electron chi connectivity index (χ0n) is 14.1. The van der Waals surface area contributed by atoms with Gasteiger partial charge in [0.2, 0.25) is 5.91 Å². The van der Waals surface area contributed by atoms with E-state index in [1.807, 2.05) is 18.2 Å². The number of thioether (sulfide) groups is 1. The fourth-order valence-corrected chi connectivity index (χ4v) is 3.43. The van der Waals surface area contributed by atoms with Crippen LogP contribution in [0.5, 0.6) is 11.5 Å². The predicted octanol–water partition coefficient (Wildman–Crippen LogP) is 2.61. The van der Waals surface area contributed by atoms with Gasteiger partial charge in [0.05, 0.1) is 11.3 Å². The molecule has 1 aliphatic rings. The average molecular weight is 373 g/mol. The number of nitrogens with one attached hydrogen (secondary N) is 1. The van der Waals surface area contributed by atoms with E-state index in [0.29, 0.717) is 31.1 Å². The summed E-state index contributed by atoms with van der Waals surface area (Å²) < 4.78 is 11.0. The fraction of sp³-hybridized carbons (Fsp3) is 0.263. The van der Waals surface area contributed by atoms with Crippen molar-refractivity contribution < 1.29 is 24.2 Å². The molecule has 0 fully saturated rings. The summed E-state index contributed by atoms with van der Waals surface area (Å²) in [5.74, 6) is 0.532. The SMILES string of the molecule is O=C(CSc1ccccc1C(=O)O)NCCc1ccc2c(c1)OCCO2. The van der Waals surface area contributed by atoms with E-state index in [-0.39, 0.29) is 17.2 Å². The Balaban J connectivity index is 1.45. The van der Waals surface area contributed by atoms with Crippen molar-refractivity contribution in [3.8, 4) is 11.5 Å². The van der Waals surface area contributed by atoms with Crippen molar-refractivity contribution in [2.24, 2.45) is 0 Å². The minimum Gasteiger partial charge on any atom is -0.486 e. The third kappa shape index (κ3) is 4.70. The molecule has 0 aliphatic carbocycles. The summed E-state index contributed by atoms with van der Waals surface area (Å²) in [7, 11) is 0. The molecular formula is C19H19NO5S. The molecule has 0 unspecified atom stereocenters. The highest BCUT2D eigenvalue weighted by atomic mass is 32.2. The number of carbonyl (C=O) groups is 2. The Morgan fingerprint density at radius 3 is 2.65 bits per heavy atom. The summed E-state index contributed by atoms with van der Waals surface area (Å²) in [6, 6.07) is 12.4. The number of hydrogen-bond acceptors (Lipinski definition) is 5. The molecule has 3 rings (SSSR count). The Labute approximate surface area is 155 Å². The topological polar surface area (TPSA) is 84.9 Å². The molecule has 1 aliphatic heterocycles. The standard InChI is InChI=1S/C19H19NO5S/c21-18(12-26-17-4-2-1-3-14(17)19(22)23)20-8-7-13-5-6-15-16(11-13)25-10-9-24-15/h1-6,11H,7-10,12H2,(H,20,21)(H,22,23). The number of fused-ring (bicyclic) bond motifs is 1. The molecule has 1 amide bonds. The quantitative estimate of drug-likeness (QED) is 0.726. The van der Waals surface area contributed by atoms with Crippen LogP contribution in [-0.2, 0) is 11.2 Å². The molecule has 136 valence electrons. The number of carboxylic acid groups (broad SMARTS) is 1. The Morgan fingerprint density at radius 1 is 1.08 bits per heavy atom. The predicted molar refractivity (Wildman–Crippen MR) is 98.3 cm³/mol. The summed E-state index contributed by atoms with van der Waals surface area (Å²) in [4.78, 5) is 23.7. The van der Waals surface area contributed by atoms with E-state index in [4.69, 9.17) is 14.6 Å². The van der Waals surface area contributed by atoms with E-state index < -0.39 is 5.97 Å². The van der Waals surface area contributed by atoms with Gasteiger partial charge in [-0.3, -0.25) is 4.79 Å². The minimum absolute atomic E-state index is 0.132. The Morgan fingerprint density at radius 2 is 1.85 bits per heavy atom. The lowest BCUT2D eigenvalue weighted by molar-refractivity contribution is -0.118. The van der Waals surface area contributed by atoms with Crippen molar-refractivity contribution in [2.75, 3.05) is 25.5 Å². The van der Waals surface area contributed by atoms with E-state index in [0.717, 1.165) is 17.1 Å². The first-order chi connectivity index (χ1) is 12.6. The molecule has 0 bridgehead atoms. The van der Waals surface area contributed by atoms with Crippen LogP contribution in [0.4, 0.5) is 0 Å². The van der Waals surface area contributed by atoms with Gasteiger partial charge in [0.15, 0.2) is 11.5 Å². The first kappa shape index (κ1) is 18.1. The maximum absolute atomic E-state index is 12.0. The maximum Gasteiger partial charge on any atom is 0.336 e. The molecule has 2 aromatic rings. The number of benzene rings is 2. The van der Waals surface area contributed by atoms with Gasteiger partial charge in [0.25, 0.3) is 0 Å².